The number of piperidine rings is 1. The van der Waals surface area contributed by atoms with Crippen molar-refractivity contribution in [2.45, 2.75) is 39.5 Å². The molecule has 0 bridgehead atoms. The Bertz CT molecular complexity index is 472. The zero-order valence-electron chi connectivity index (χ0n) is 15.4. The third kappa shape index (κ3) is 6.91. The van der Waals surface area contributed by atoms with Gasteiger partial charge >= 0.3 is 0 Å². The van der Waals surface area contributed by atoms with Crippen LogP contribution in [0.2, 0.25) is 0 Å². The molecule has 134 valence electrons. The molecule has 2 rings (SSSR count). The number of rotatable bonds is 8. The lowest BCUT2D eigenvalue weighted by molar-refractivity contribution is 0.186. The van der Waals surface area contributed by atoms with Gasteiger partial charge in [0.05, 0.1) is 0 Å². The van der Waals surface area contributed by atoms with Crippen LogP contribution in [0, 0.1) is 5.92 Å². The summed E-state index contributed by atoms with van der Waals surface area (Å²) < 4.78 is 0. The molecule has 4 nitrogen and oxygen atoms in total. The van der Waals surface area contributed by atoms with Gasteiger partial charge in [0.25, 0.3) is 0 Å². The Kier molecular flexibility index (Phi) is 8.67. The number of guanidine groups is 1. The van der Waals surface area contributed by atoms with E-state index < -0.39 is 0 Å². The summed E-state index contributed by atoms with van der Waals surface area (Å²) in [4.78, 5) is 7.36. The summed E-state index contributed by atoms with van der Waals surface area (Å²) in [6.45, 7) is 10.8. The SMILES string of the molecule is CCNC(=NCC1CCCN(CC)C1)NCCCc1ccccc1. The summed E-state index contributed by atoms with van der Waals surface area (Å²) in [5.74, 6) is 1.68. The quantitative estimate of drug-likeness (QED) is 0.437. The normalized spacial score (nSPS) is 19.2. The fraction of sp³-hybridized carbons (Fsp3) is 0.650. The maximum Gasteiger partial charge on any atom is 0.191 e. The number of likely N-dealkylation sites (tertiary alicyclic amines) is 1. The molecule has 1 aromatic rings. The first-order chi connectivity index (χ1) is 11.8. The maximum absolute atomic E-state index is 4.82. The summed E-state index contributed by atoms with van der Waals surface area (Å²) in [6.07, 6.45) is 4.87. The van der Waals surface area contributed by atoms with Crippen molar-refractivity contribution < 1.29 is 0 Å². The zero-order valence-corrected chi connectivity index (χ0v) is 15.4. The van der Waals surface area contributed by atoms with E-state index in [1.54, 1.807) is 0 Å². The van der Waals surface area contributed by atoms with Crippen LogP contribution < -0.4 is 10.6 Å². The van der Waals surface area contributed by atoms with Gasteiger partial charge in [0.1, 0.15) is 0 Å². The standard InChI is InChI=1S/C20H34N4/c1-3-21-20(22-14-8-12-18-10-6-5-7-11-18)23-16-19-13-9-15-24(4-2)17-19/h5-7,10-11,19H,3-4,8-9,12-17H2,1-2H3,(H2,21,22,23). The molecule has 1 atom stereocenters. The van der Waals surface area contributed by atoms with E-state index in [1.807, 2.05) is 0 Å². The first-order valence-corrected chi connectivity index (χ1v) is 9.60. The van der Waals surface area contributed by atoms with Crippen molar-refractivity contribution in [3.8, 4) is 0 Å². The minimum absolute atomic E-state index is 0.707. The fourth-order valence-electron chi connectivity index (χ4n) is 3.29. The smallest absolute Gasteiger partial charge is 0.191 e. The molecule has 0 amide bonds. The lowest BCUT2D eigenvalue weighted by Gasteiger charge is -2.31. The largest absolute Gasteiger partial charge is 0.357 e. The first kappa shape index (κ1) is 18.8. The molecular formula is C20H34N4. The fourth-order valence-corrected chi connectivity index (χ4v) is 3.29. The summed E-state index contributed by atoms with van der Waals surface area (Å²) >= 11 is 0. The second kappa shape index (κ2) is 11.1. The monoisotopic (exact) mass is 330 g/mol. The predicted molar refractivity (Wildman–Crippen MR) is 104 cm³/mol. The van der Waals surface area contributed by atoms with Gasteiger partial charge < -0.3 is 15.5 Å². The van der Waals surface area contributed by atoms with E-state index in [1.165, 1.54) is 31.5 Å². The van der Waals surface area contributed by atoms with E-state index in [-0.39, 0.29) is 0 Å². The minimum Gasteiger partial charge on any atom is -0.357 e. The topological polar surface area (TPSA) is 39.7 Å². The molecule has 1 fully saturated rings. The Balaban J connectivity index is 1.71. The predicted octanol–water partition coefficient (Wildman–Crippen LogP) is 2.91. The van der Waals surface area contributed by atoms with Crippen molar-refractivity contribution >= 4 is 5.96 Å². The van der Waals surface area contributed by atoms with E-state index in [0.29, 0.717) is 5.92 Å². The third-order valence-corrected chi connectivity index (χ3v) is 4.68. The van der Waals surface area contributed by atoms with Crippen LogP contribution in [-0.2, 0) is 6.42 Å². The Morgan fingerprint density at radius 1 is 1.21 bits per heavy atom. The van der Waals surface area contributed by atoms with Gasteiger partial charge in [0.2, 0.25) is 0 Å². The molecule has 1 aromatic carbocycles. The minimum atomic E-state index is 0.707. The van der Waals surface area contributed by atoms with Crippen molar-refractivity contribution in [2.75, 3.05) is 39.3 Å². The molecule has 1 saturated heterocycles. The Morgan fingerprint density at radius 3 is 2.79 bits per heavy atom. The average Bonchev–Trinajstić information content (AvgIpc) is 2.64. The van der Waals surface area contributed by atoms with Gasteiger partial charge in [-0.15, -0.1) is 0 Å². The molecule has 1 aliphatic rings. The second-order valence-electron chi connectivity index (χ2n) is 6.64. The van der Waals surface area contributed by atoms with Crippen LogP contribution in [0.25, 0.3) is 0 Å². The molecule has 24 heavy (non-hydrogen) atoms. The van der Waals surface area contributed by atoms with Crippen molar-refractivity contribution in [3.05, 3.63) is 35.9 Å². The summed E-state index contributed by atoms with van der Waals surface area (Å²) in [7, 11) is 0. The molecule has 0 radical (unpaired) electrons. The molecule has 0 aromatic heterocycles. The third-order valence-electron chi connectivity index (χ3n) is 4.68. The average molecular weight is 331 g/mol. The van der Waals surface area contributed by atoms with E-state index >= 15 is 0 Å². The van der Waals surface area contributed by atoms with E-state index in [9.17, 15) is 0 Å². The van der Waals surface area contributed by atoms with Crippen molar-refractivity contribution in [3.63, 3.8) is 0 Å². The molecule has 1 heterocycles. The highest BCUT2D eigenvalue weighted by atomic mass is 15.2. The highest BCUT2D eigenvalue weighted by Crippen LogP contribution is 2.16. The van der Waals surface area contributed by atoms with Crippen molar-refractivity contribution in [1.29, 1.82) is 0 Å². The zero-order chi connectivity index (χ0) is 17.0. The van der Waals surface area contributed by atoms with Gasteiger partial charge in [-0.1, -0.05) is 37.3 Å². The van der Waals surface area contributed by atoms with Gasteiger partial charge in [0, 0.05) is 26.2 Å². The maximum atomic E-state index is 4.82. The molecule has 1 unspecified atom stereocenters. The van der Waals surface area contributed by atoms with Crippen molar-refractivity contribution in [2.24, 2.45) is 10.9 Å². The van der Waals surface area contributed by atoms with Crippen LogP contribution in [0.3, 0.4) is 0 Å². The Hall–Kier alpha value is -1.55. The van der Waals surface area contributed by atoms with E-state index in [4.69, 9.17) is 4.99 Å². The van der Waals surface area contributed by atoms with Crippen LogP contribution in [0.5, 0.6) is 0 Å². The molecule has 4 heteroatoms. The Labute approximate surface area is 147 Å². The van der Waals surface area contributed by atoms with Crippen molar-refractivity contribution in [1.82, 2.24) is 15.5 Å². The van der Waals surface area contributed by atoms with E-state index in [0.717, 1.165) is 45.0 Å². The van der Waals surface area contributed by atoms with Crippen LogP contribution in [0.15, 0.2) is 35.3 Å². The highest BCUT2D eigenvalue weighted by molar-refractivity contribution is 5.79. The lowest BCUT2D eigenvalue weighted by atomic mass is 9.98. The molecule has 1 aliphatic heterocycles. The Morgan fingerprint density at radius 2 is 2.04 bits per heavy atom. The van der Waals surface area contributed by atoms with Gasteiger partial charge in [-0.05, 0) is 57.2 Å². The first-order valence-electron chi connectivity index (χ1n) is 9.60. The number of hydrogen-bond acceptors (Lipinski definition) is 2. The number of benzene rings is 1. The lowest BCUT2D eigenvalue weighted by Crippen LogP contribution is -2.40. The number of nitrogens with zero attached hydrogens (tertiary/aromatic N) is 2. The highest BCUT2D eigenvalue weighted by Gasteiger charge is 2.18. The second-order valence-corrected chi connectivity index (χ2v) is 6.64. The van der Waals surface area contributed by atoms with Crippen LogP contribution in [0.4, 0.5) is 0 Å². The molecule has 0 aliphatic carbocycles. The van der Waals surface area contributed by atoms with E-state index in [2.05, 4.69) is 59.7 Å². The summed E-state index contributed by atoms with van der Waals surface area (Å²) in [5, 5.41) is 6.85. The number of nitrogens with one attached hydrogen (secondary N) is 2. The summed E-state index contributed by atoms with van der Waals surface area (Å²) in [5.41, 5.74) is 1.41. The van der Waals surface area contributed by atoms with Gasteiger partial charge in [0.15, 0.2) is 5.96 Å². The molecule has 2 N–H and O–H groups in total. The van der Waals surface area contributed by atoms with Crippen LogP contribution in [-0.4, -0.2) is 50.1 Å². The number of aryl methyl sites for hydroxylation is 1. The van der Waals surface area contributed by atoms with Gasteiger partial charge in [-0.2, -0.15) is 0 Å². The molecular weight excluding hydrogens is 296 g/mol. The number of hydrogen-bond donors (Lipinski definition) is 2. The molecule has 0 spiro atoms. The van der Waals surface area contributed by atoms with Crippen LogP contribution in [0.1, 0.15) is 38.7 Å². The summed E-state index contributed by atoms with van der Waals surface area (Å²) in [6, 6.07) is 10.7. The van der Waals surface area contributed by atoms with Gasteiger partial charge in [-0.25, -0.2) is 0 Å². The number of aliphatic imine (C=N–C) groups is 1. The molecule has 0 saturated carbocycles. The van der Waals surface area contributed by atoms with Crippen LogP contribution >= 0.6 is 0 Å². The van der Waals surface area contributed by atoms with Gasteiger partial charge in [-0.3, -0.25) is 4.99 Å².